The highest BCUT2D eigenvalue weighted by Crippen LogP contribution is 2.20. The highest BCUT2D eigenvalue weighted by Gasteiger charge is 2.28. The third-order valence-corrected chi connectivity index (χ3v) is 5.48. The molecule has 2 heterocycles. The van der Waals surface area contributed by atoms with Crippen LogP contribution >= 0.6 is 0 Å². The predicted molar refractivity (Wildman–Crippen MR) is 109 cm³/mol. The molecule has 6 nitrogen and oxygen atoms in total. The van der Waals surface area contributed by atoms with Gasteiger partial charge in [0.2, 0.25) is 5.91 Å². The Bertz CT molecular complexity index is 835. The number of nitrogens with one attached hydrogen (secondary N) is 1. The molecular formula is C22H30N4O2. The van der Waals surface area contributed by atoms with Crippen LogP contribution in [0.5, 0.6) is 0 Å². The van der Waals surface area contributed by atoms with E-state index in [0.717, 1.165) is 48.3 Å². The van der Waals surface area contributed by atoms with Crippen molar-refractivity contribution in [3.05, 3.63) is 52.8 Å². The summed E-state index contributed by atoms with van der Waals surface area (Å²) in [6.07, 6.45) is 2.31. The summed E-state index contributed by atoms with van der Waals surface area (Å²) >= 11 is 0. The van der Waals surface area contributed by atoms with Crippen molar-refractivity contribution in [2.24, 2.45) is 5.92 Å². The first-order chi connectivity index (χ1) is 13.5. The number of benzene rings is 1. The first-order valence-corrected chi connectivity index (χ1v) is 10.1. The molecule has 0 unspecified atom stereocenters. The second-order valence-electron chi connectivity index (χ2n) is 7.68. The molecule has 6 heteroatoms. The zero-order chi connectivity index (χ0) is 20.1. The minimum atomic E-state index is -0.00500. The molecule has 0 aliphatic carbocycles. The van der Waals surface area contributed by atoms with E-state index in [1.807, 2.05) is 54.6 Å². The van der Waals surface area contributed by atoms with Crippen LogP contribution in [0.25, 0.3) is 0 Å². The van der Waals surface area contributed by atoms with Gasteiger partial charge in [0.25, 0.3) is 5.91 Å². The third-order valence-electron chi connectivity index (χ3n) is 5.48. The van der Waals surface area contributed by atoms with Gasteiger partial charge in [0.15, 0.2) is 0 Å². The summed E-state index contributed by atoms with van der Waals surface area (Å²) in [4.78, 5) is 27.0. The zero-order valence-corrected chi connectivity index (χ0v) is 17.1. The Hall–Kier alpha value is -2.63. The molecule has 28 heavy (non-hydrogen) atoms. The summed E-state index contributed by atoms with van der Waals surface area (Å²) in [7, 11) is 0. The minimum absolute atomic E-state index is 0.00500. The fraction of sp³-hybridized carbons (Fsp3) is 0.500. The van der Waals surface area contributed by atoms with Crippen LogP contribution < -0.4 is 5.32 Å². The van der Waals surface area contributed by atoms with Crippen molar-refractivity contribution in [1.29, 1.82) is 0 Å². The maximum atomic E-state index is 12.7. The van der Waals surface area contributed by atoms with Gasteiger partial charge in [-0.25, -0.2) is 0 Å². The summed E-state index contributed by atoms with van der Waals surface area (Å²) in [6.45, 7) is 8.72. The number of aromatic nitrogens is 2. The summed E-state index contributed by atoms with van der Waals surface area (Å²) in [5, 5.41) is 7.49. The first kappa shape index (κ1) is 20.1. The van der Waals surface area contributed by atoms with E-state index in [-0.39, 0.29) is 17.7 Å². The molecule has 1 saturated heterocycles. The number of nitrogens with zero attached hydrogens (tertiary/aromatic N) is 3. The largest absolute Gasteiger partial charge is 0.356 e. The van der Waals surface area contributed by atoms with E-state index in [1.165, 1.54) is 0 Å². The lowest BCUT2D eigenvalue weighted by molar-refractivity contribution is -0.126. The maximum Gasteiger partial charge on any atom is 0.254 e. The van der Waals surface area contributed by atoms with Crippen LogP contribution in [0.1, 0.15) is 46.6 Å². The van der Waals surface area contributed by atoms with Crippen molar-refractivity contribution < 1.29 is 9.59 Å². The Morgan fingerprint density at radius 3 is 2.50 bits per heavy atom. The predicted octanol–water partition coefficient (Wildman–Crippen LogP) is 2.87. The lowest BCUT2D eigenvalue weighted by atomic mass is 9.95. The van der Waals surface area contributed by atoms with E-state index in [9.17, 15) is 9.59 Å². The lowest BCUT2D eigenvalue weighted by Gasteiger charge is -2.31. The van der Waals surface area contributed by atoms with Crippen molar-refractivity contribution in [2.45, 2.75) is 46.6 Å². The Morgan fingerprint density at radius 1 is 1.14 bits per heavy atom. The van der Waals surface area contributed by atoms with Crippen LogP contribution in [0, 0.1) is 26.7 Å². The Labute approximate surface area is 166 Å². The van der Waals surface area contributed by atoms with Crippen molar-refractivity contribution >= 4 is 11.8 Å². The summed E-state index contributed by atoms with van der Waals surface area (Å²) < 4.78 is 1.98. The topological polar surface area (TPSA) is 67.2 Å². The smallest absolute Gasteiger partial charge is 0.254 e. The third kappa shape index (κ3) is 4.80. The number of aryl methyl sites for hydroxylation is 4. The van der Waals surface area contributed by atoms with Crippen molar-refractivity contribution in [3.8, 4) is 0 Å². The molecule has 0 saturated carbocycles. The van der Waals surface area contributed by atoms with Gasteiger partial charge in [-0.1, -0.05) is 18.2 Å². The van der Waals surface area contributed by atoms with E-state index in [2.05, 4.69) is 16.5 Å². The number of piperidine rings is 1. The number of hydrogen-bond donors (Lipinski definition) is 1. The number of likely N-dealkylation sites (tertiary alicyclic amines) is 1. The second kappa shape index (κ2) is 9.04. The number of rotatable bonds is 6. The molecule has 1 N–H and O–H groups in total. The van der Waals surface area contributed by atoms with Gasteiger partial charge >= 0.3 is 0 Å². The molecule has 2 aromatic rings. The number of hydrogen-bond acceptors (Lipinski definition) is 3. The van der Waals surface area contributed by atoms with Gasteiger partial charge < -0.3 is 10.2 Å². The average Bonchev–Trinajstić information content (AvgIpc) is 3.02. The molecule has 0 spiro atoms. The number of amides is 2. The van der Waals surface area contributed by atoms with Crippen LogP contribution in [0.15, 0.2) is 30.3 Å². The molecular weight excluding hydrogens is 352 g/mol. The molecule has 1 aromatic heterocycles. The Kier molecular flexibility index (Phi) is 6.49. The summed E-state index contributed by atoms with van der Waals surface area (Å²) in [5.41, 5.74) is 3.92. The Morgan fingerprint density at radius 2 is 1.86 bits per heavy atom. The molecule has 0 atom stereocenters. The van der Waals surface area contributed by atoms with Crippen LogP contribution in [0.3, 0.4) is 0 Å². The van der Waals surface area contributed by atoms with Crippen molar-refractivity contribution in [3.63, 3.8) is 0 Å². The molecule has 0 bridgehead atoms. The fourth-order valence-electron chi connectivity index (χ4n) is 3.81. The normalized spacial score (nSPS) is 14.9. The van der Waals surface area contributed by atoms with Crippen LogP contribution in [0.4, 0.5) is 0 Å². The maximum absolute atomic E-state index is 12.7. The van der Waals surface area contributed by atoms with Gasteiger partial charge in [-0.3, -0.25) is 14.3 Å². The summed E-state index contributed by atoms with van der Waals surface area (Å²) in [6, 6.07) is 9.73. The highest BCUT2D eigenvalue weighted by molar-refractivity contribution is 5.95. The van der Waals surface area contributed by atoms with E-state index in [1.54, 1.807) is 0 Å². The highest BCUT2D eigenvalue weighted by atomic mass is 16.2. The molecule has 2 amide bonds. The van der Waals surface area contributed by atoms with Gasteiger partial charge in [-0.15, -0.1) is 0 Å². The van der Waals surface area contributed by atoms with Gasteiger partial charge in [0.1, 0.15) is 0 Å². The van der Waals surface area contributed by atoms with Crippen LogP contribution in [-0.2, 0) is 11.3 Å². The molecule has 1 aromatic carbocycles. The van der Waals surface area contributed by atoms with E-state index >= 15 is 0 Å². The quantitative estimate of drug-likeness (QED) is 0.781. The van der Waals surface area contributed by atoms with Crippen molar-refractivity contribution in [2.75, 3.05) is 19.6 Å². The molecule has 0 radical (unpaired) electrons. The summed E-state index contributed by atoms with van der Waals surface area (Å²) in [5.74, 6) is 0.174. The van der Waals surface area contributed by atoms with Gasteiger partial charge in [0.05, 0.1) is 5.69 Å². The van der Waals surface area contributed by atoms with Crippen LogP contribution in [0.2, 0.25) is 0 Å². The zero-order valence-electron chi connectivity index (χ0n) is 17.1. The molecule has 1 fully saturated rings. The SMILES string of the molecule is Cc1cc(C)n(CCCNC(=O)C2CCN(C(=O)c3ccccc3C)CC2)n1. The second-order valence-corrected chi connectivity index (χ2v) is 7.68. The van der Waals surface area contributed by atoms with Gasteiger partial charge in [-0.2, -0.15) is 5.10 Å². The molecule has 1 aliphatic heterocycles. The lowest BCUT2D eigenvalue weighted by Crippen LogP contribution is -2.43. The molecule has 3 rings (SSSR count). The Balaban J connectivity index is 1.40. The van der Waals surface area contributed by atoms with E-state index < -0.39 is 0 Å². The van der Waals surface area contributed by atoms with Crippen molar-refractivity contribution in [1.82, 2.24) is 20.0 Å². The first-order valence-electron chi connectivity index (χ1n) is 10.1. The standard InChI is InChI=1S/C22H30N4O2/c1-16-7-4-5-8-20(16)22(28)25-13-9-19(10-14-25)21(27)23-11-6-12-26-18(3)15-17(2)24-26/h4-5,7-8,15,19H,6,9-14H2,1-3H3,(H,23,27). The monoisotopic (exact) mass is 382 g/mol. The molecule has 1 aliphatic rings. The van der Waals surface area contributed by atoms with E-state index in [4.69, 9.17) is 0 Å². The van der Waals surface area contributed by atoms with Gasteiger partial charge in [0, 0.05) is 43.4 Å². The van der Waals surface area contributed by atoms with E-state index in [0.29, 0.717) is 19.6 Å². The minimum Gasteiger partial charge on any atom is -0.356 e. The molecule has 150 valence electrons. The fourth-order valence-corrected chi connectivity index (χ4v) is 3.81. The van der Waals surface area contributed by atoms with Crippen LogP contribution in [-0.4, -0.2) is 46.1 Å². The van der Waals surface area contributed by atoms with Gasteiger partial charge in [-0.05, 0) is 57.7 Å². The average molecular weight is 383 g/mol. The number of carbonyl (C=O) groups is 2. The number of carbonyl (C=O) groups excluding carboxylic acids is 2.